The van der Waals surface area contributed by atoms with Crippen molar-refractivity contribution in [2.45, 2.75) is 34.1 Å². The maximum atomic E-state index is 12.2. The van der Waals surface area contributed by atoms with Crippen LogP contribution in [0.25, 0.3) is 5.95 Å². The third-order valence-corrected chi connectivity index (χ3v) is 4.39. The summed E-state index contributed by atoms with van der Waals surface area (Å²) in [5.41, 5.74) is 4.51. The highest BCUT2D eigenvalue weighted by atomic mass is 16.1. The van der Waals surface area contributed by atoms with E-state index in [4.69, 9.17) is 0 Å². The Kier molecular flexibility index (Phi) is 4.62. The van der Waals surface area contributed by atoms with Gasteiger partial charge in [-0.05, 0) is 33.8 Å². The van der Waals surface area contributed by atoms with Gasteiger partial charge >= 0.3 is 0 Å². The molecule has 0 aliphatic carbocycles. The molecule has 2 aromatic rings. The Morgan fingerprint density at radius 3 is 2.50 bits per heavy atom. The van der Waals surface area contributed by atoms with E-state index in [1.807, 2.05) is 33.8 Å². The molecule has 0 saturated carbocycles. The van der Waals surface area contributed by atoms with Crippen LogP contribution in [0.3, 0.4) is 0 Å². The van der Waals surface area contributed by atoms with Gasteiger partial charge in [0.2, 0.25) is 5.91 Å². The number of hydrogen-bond acceptors (Lipinski definition) is 5. The van der Waals surface area contributed by atoms with Gasteiger partial charge in [0.15, 0.2) is 0 Å². The molecule has 2 aromatic heterocycles. The van der Waals surface area contributed by atoms with Crippen molar-refractivity contribution in [2.75, 3.05) is 19.6 Å². The number of hydrogen-bond donors (Lipinski definition) is 2. The minimum atomic E-state index is 0.0361. The molecule has 128 valence electrons. The van der Waals surface area contributed by atoms with E-state index in [1.54, 1.807) is 4.68 Å². The van der Waals surface area contributed by atoms with Gasteiger partial charge in [0.1, 0.15) is 0 Å². The van der Waals surface area contributed by atoms with Gasteiger partial charge in [-0.2, -0.15) is 5.10 Å². The molecule has 1 amide bonds. The summed E-state index contributed by atoms with van der Waals surface area (Å²) >= 11 is 0. The number of nitrogens with zero attached hydrogens (tertiary/aromatic N) is 4. The van der Waals surface area contributed by atoms with Crippen LogP contribution in [0.4, 0.5) is 0 Å². The van der Waals surface area contributed by atoms with Crippen LogP contribution in [0.1, 0.15) is 28.3 Å². The summed E-state index contributed by atoms with van der Waals surface area (Å²) in [7, 11) is 0. The Morgan fingerprint density at radius 2 is 1.92 bits per heavy atom. The summed E-state index contributed by atoms with van der Waals surface area (Å²) in [6.45, 7) is 10.5. The van der Waals surface area contributed by atoms with Crippen molar-refractivity contribution in [1.82, 2.24) is 30.4 Å². The zero-order chi connectivity index (χ0) is 17.3. The first kappa shape index (κ1) is 16.6. The van der Waals surface area contributed by atoms with E-state index in [9.17, 15) is 4.79 Å². The highest BCUT2D eigenvalue weighted by Crippen LogP contribution is 2.17. The third kappa shape index (κ3) is 3.46. The summed E-state index contributed by atoms with van der Waals surface area (Å²) < 4.78 is 1.73. The summed E-state index contributed by atoms with van der Waals surface area (Å²) in [5, 5.41) is 10.8. The van der Waals surface area contributed by atoms with Crippen LogP contribution in [-0.4, -0.2) is 45.3 Å². The van der Waals surface area contributed by atoms with Gasteiger partial charge in [0, 0.05) is 48.2 Å². The highest BCUT2D eigenvalue weighted by molar-refractivity contribution is 5.79. The van der Waals surface area contributed by atoms with E-state index in [1.165, 1.54) is 0 Å². The standard InChI is InChI=1S/C17H24N6O/c1-10-5-11(2)21-17(20-10)23-13(4)15(12(3)22-23)6-16(24)19-9-14-7-18-8-14/h5,14,18H,6-9H2,1-4H3,(H,19,24). The first-order valence-electron chi connectivity index (χ1n) is 8.29. The second-order valence-electron chi connectivity index (χ2n) is 6.52. The SMILES string of the molecule is Cc1cc(C)nc(-n2nc(C)c(CC(=O)NCC3CNC3)c2C)n1. The van der Waals surface area contributed by atoms with Crippen molar-refractivity contribution >= 4 is 5.91 Å². The molecule has 7 heteroatoms. The lowest BCUT2D eigenvalue weighted by atomic mass is 10.0. The maximum absolute atomic E-state index is 12.2. The molecular weight excluding hydrogens is 304 g/mol. The number of nitrogens with one attached hydrogen (secondary N) is 2. The molecule has 1 fully saturated rings. The lowest BCUT2D eigenvalue weighted by Crippen LogP contribution is -2.48. The van der Waals surface area contributed by atoms with E-state index in [0.29, 0.717) is 18.3 Å². The molecule has 1 saturated heterocycles. The first-order chi connectivity index (χ1) is 11.4. The number of aryl methyl sites for hydroxylation is 3. The molecular formula is C17H24N6O. The Balaban J connectivity index is 1.77. The van der Waals surface area contributed by atoms with Crippen LogP contribution >= 0.6 is 0 Å². The fourth-order valence-corrected chi connectivity index (χ4v) is 2.90. The molecule has 7 nitrogen and oxygen atoms in total. The summed E-state index contributed by atoms with van der Waals surface area (Å²) in [5.74, 6) is 1.15. The quantitative estimate of drug-likeness (QED) is 0.847. The Labute approximate surface area is 141 Å². The molecule has 2 N–H and O–H groups in total. The van der Waals surface area contributed by atoms with Gasteiger partial charge in [0.05, 0.1) is 12.1 Å². The van der Waals surface area contributed by atoms with Gasteiger partial charge in [-0.1, -0.05) is 0 Å². The normalized spacial score (nSPS) is 14.5. The topological polar surface area (TPSA) is 84.7 Å². The zero-order valence-electron chi connectivity index (χ0n) is 14.7. The van der Waals surface area contributed by atoms with Crippen LogP contribution in [0.15, 0.2) is 6.07 Å². The molecule has 0 radical (unpaired) electrons. The van der Waals surface area contributed by atoms with E-state index >= 15 is 0 Å². The molecule has 0 unspecified atom stereocenters. The Hall–Kier alpha value is -2.28. The van der Waals surface area contributed by atoms with Gasteiger partial charge in [-0.25, -0.2) is 14.6 Å². The van der Waals surface area contributed by atoms with Crippen LogP contribution in [-0.2, 0) is 11.2 Å². The van der Waals surface area contributed by atoms with E-state index in [-0.39, 0.29) is 5.91 Å². The molecule has 0 bridgehead atoms. The van der Waals surface area contributed by atoms with Crippen molar-refractivity contribution < 1.29 is 4.79 Å². The second-order valence-corrected chi connectivity index (χ2v) is 6.52. The lowest BCUT2D eigenvalue weighted by Gasteiger charge is -2.27. The minimum Gasteiger partial charge on any atom is -0.355 e. The summed E-state index contributed by atoms with van der Waals surface area (Å²) in [4.78, 5) is 21.1. The van der Waals surface area contributed by atoms with E-state index in [0.717, 1.165) is 48.0 Å². The Morgan fingerprint density at radius 1 is 1.25 bits per heavy atom. The molecule has 3 rings (SSSR count). The Bertz CT molecular complexity index is 742. The van der Waals surface area contributed by atoms with E-state index in [2.05, 4.69) is 25.7 Å². The summed E-state index contributed by atoms with van der Waals surface area (Å²) in [6.07, 6.45) is 0.336. The summed E-state index contributed by atoms with van der Waals surface area (Å²) in [6, 6.07) is 1.93. The predicted octanol–water partition coefficient (Wildman–Crippen LogP) is 0.774. The fraction of sp³-hybridized carbons (Fsp3) is 0.529. The van der Waals surface area contributed by atoms with Crippen molar-refractivity contribution in [3.63, 3.8) is 0 Å². The third-order valence-electron chi connectivity index (χ3n) is 4.39. The molecule has 0 spiro atoms. The number of rotatable bonds is 5. The molecule has 1 aliphatic heterocycles. The zero-order valence-corrected chi connectivity index (χ0v) is 14.7. The van der Waals surface area contributed by atoms with Crippen molar-refractivity contribution in [3.8, 4) is 5.95 Å². The first-order valence-corrected chi connectivity index (χ1v) is 8.29. The van der Waals surface area contributed by atoms with Crippen molar-refractivity contribution in [2.24, 2.45) is 5.92 Å². The van der Waals surface area contributed by atoms with Crippen LogP contribution in [0.5, 0.6) is 0 Å². The number of amides is 1. The number of carbonyl (C=O) groups excluding carboxylic acids is 1. The smallest absolute Gasteiger partial charge is 0.251 e. The average molecular weight is 328 g/mol. The average Bonchev–Trinajstić information content (AvgIpc) is 2.73. The van der Waals surface area contributed by atoms with Gasteiger partial charge in [-0.3, -0.25) is 4.79 Å². The number of aromatic nitrogens is 4. The van der Waals surface area contributed by atoms with Crippen LogP contribution in [0, 0.1) is 33.6 Å². The number of carbonyl (C=O) groups is 1. The fourth-order valence-electron chi connectivity index (χ4n) is 2.90. The predicted molar refractivity (Wildman–Crippen MR) is 91.2 cm³/mol. The van der Waals surface area contributed by atoms with Gasteiger partial charge in [-0.15, -0.1) is 0 Å². The monoisotopic (exact) mass is 328 g/mol. The highest BCUT2D eigenvalue weighted by Gasteiger charge is 2.20. The largest absolute Gasteiger partial charge is 0.355 e. The van der Waals surface area contributed by atoms with Gasteiger partial charge in [0.25, 0.3) is 5.95 Å². The van der Waals surface area contributed by atoms with E-state index < -0.39 is 0 Å². The molecule has 24 heavy (non-hydrogen) atoms. The molecule has 0 atom stereocenters. The minimum absolute atomic E-state index is 0.0361. The maximum Gasteiger partial charge on any atom is 0.251 e. The van der Waals surface area contributed by atoms with Crippen LogP contribution in [0.2, 0.25) is 0 Å². The molecule has 0 aromatic carbocycles. The van der Waals surface area contributed by atoms with Crippen molar-refractivity contribution in [3.05, 3.63) is 34.4 Å². The lowest BCUT2D eigenvalue weighted by molar-refractivity contribution is -0.120. The molecule has 3 heterocycles. The molecule has 1 aliphatic rings. The second kappa shape index (κ2) is 6.68. The van der Waals surface area contributed by atoms with Crippen molar-refractivity contribution in [1.29, 1.82) is 0 Å². The van der Waals surface area contributed by atoms with Crippen LogP contribution < -0.4 is 10.6 Å². The van der Waals surface area contributed by atoms with Gasteiger partial charge < -0.3 is 10.6 Å².